The number of anilines is 1. The SMILES string of the molecule is COc1ccccc1NC(=O)COC(=O)c1ccc(SCc2csc(C)n2)cc1. The van der Waals surface area contributed by atoms with Gasteiger partial charge >= 0.3 is 5.97 Å². The van der Waals surface area contributed by atoms with Crippen LogP contribution in [0.1, 0.15) is 21.1 Å². The Kier molecular flexibility index (Phi) is 7.26. The fraction of sp³-hybridized carbons (Fsp3) is 0.190. The number of hydrogen-bond donors (Lipinski definition) is 1. The van der Waals surface area contributed by atoms with E-state index in [0.29, 0.717) is 17.0 Å². The molecule has 0 bridgehead atoms. The van der Waals surface area contributed by atoms with E-state index < -0.39 is 11.9 Å². The molecule has 1 N–H and O–H groups in total. The fourth-order valence-corrected chi connectivity index (χ4v) is 3.98. The second kappa shape index (κ2) is 10.1. The highest BCUT2D eigenvalue weighted by molar-refractivity contribution is 7.98. The number of thiazole rings is 1. The normalized spacial score (nSPS) is 10.4. The lowest BCUT2D eigenvalue weighted by atomic mass is 10.2. The van der Waals surface area contributed by atoms with Gasteiger partial charge in [0, 0.05) is 16.0 Å². The summed E-state index contributed by atoms with van der Waals surface area (Å²) in [6.45, 7) is 1.60. The highest BCUT2D eigenvalue weighted by atomic mass is 32.2. The molecular formula is C21H20N2O4S2. The number of ether oxygens (including phenoxy) is 2. The van der Waals surface area contributed by atoms with E-state index in [1.807, 2.05) is 24.4 Å². The maximum Gasteiger partial charge on any atom is 0.338 e. The van der Waals surface area contributed by atoms with Crippen LogP contribution in [0.15, 0.2) is 58.8 Å². The minimum Gasteiger partial charge on any atom is -0.495 e. The lowest BCUT2D eigenvalue weighted by Gasteiger charge is -2.10. The van der Waals surface area contributed by atoms with E-state index in [0.717, 1.165) is 21.3 Å². The summed E-state index contributed by atoms with van der Waals surface area (Å²) in [6, 6.07) is 14.1. The van der Waals surface area contributed by atoms with Crippen LogP contribution in [0.2, 0.25) is 0 Å². The third-order valence-corrected chi connectivity index (χ3v) is 5.73. The lowest BCUT2D eigenvalue weighted by Crippen LogP contribution is -2.21. The van der Waals surface area contributed by atoms with Gasteiger partial charge < -0.3 is 14.8 Å². The van der Waals surface area contributed by atoms with E-state index in [-0.39, 0.29) is 6.61 Å². The Morgan fingerprint density at radius 1 is 1.14 bits per heavy atom. The van der Waals surface area contributed by atoms with E-state index in [1.54, 1.807) is 59.5 Å². The predicted molar refractivity (Wildman–Crippen MR) is 115 cm³/mol. The number of benzene rings is 2. The topological polar surface area (TPSA) is 77.5 Å². The van der Waals surface area contributed by atoms with Gasteiger partial charge in [-0.25, -0.2) is 9.78 Å². The average molecular weight is 429 g/mol. The minimum absolute atomic E-state index is 0.378. The predicted octanol–water partition coefficient (Wildman–Crippen LogP) is 4.55. The molecule has 0 saturated carbocycles. The molecule has 29 heavy (non-hydrogen) atoms. The van der Waals surface area contributed by atoms with Crippen molar-refractivity contribution in [1.29, 1.82) is 0 Å². The third kappa shape index (κ3) is 6.07. The zero-order valence-electron chi connectivity index (χ0n) is 16.0. The van der Waals surface area contributed by atoms with Gasteiger partial charge in [-0.15, -0.1) is 23.1 Å². The second-order valence-electron chi connectivity index (χ2n) is 6.00. The fourth-order valence-electron chi connectivity index (χ4n) is 2.47. The molecule has 150 valence electrons. The molecule has 3 aromatic rings. The molecule has 1 amide bonds. The van der Waals surface area contributed by atoms with Crippen molar-refractivity contribution in [3.63, 3.8) is 0 Å². The van der Waals surface area contributed by atoms with E-state index in [4.69, 9.17) is 9.47 Å². The molecule has 0 atom stereocenters. The van der Waals surface area contributed by atoms with E-state index in [2.05, 4.69) is 10.3 Å². The number of rotatable bonds is 8. The first-order valence-corrected chi connectivity index (χ1v) is 10.7. The second-order valence-corrected chi connectivity index (χ2v) is 8.11. The smallest absolute Gasteiger partial charge is 0.338 e. The molecule has 0 unspecified atom stereocenters. The quantitative estimate of drug-likeness (QED) is 0.419. The number of thioether (sulfide) groups is 1. The first-order chi connectivity index (χ1) is 14.0. The van der Waals surface area contributed by atoms with Crippen molar-refractivity contribution in [2.24, 2.45) is 0 Å². The van der Waals surface area contributed by atoms with E-state index in [9.17, 15) is 9.59 Å². The van der Waals surface area contributed by atoms with Crippen LogP contribution in [0.3, 0.4) is 0 Å². The Balaban J connectivity index is 1.48. The zero-order chi connectivity index (χ0) is 20.6. The van der Waals surface area contributed by atoms with Crippen LogP contribution in [0.25, 0.3) is 0 Å². The summed E-state index contributed by atoms with van der Waals surface area (Å²) in [6.07, 6.45) is 0. The molecule has 0 saturated heterocycles. The van der Waals surface area contributed by atoms with Crippen molar-refractivity contribution in [2.45, 2.75) is 17.6 Å². The van der Waals surface area contributed by atoms with Crippen molar-refractivity contribution in [3.8, 4) is 5.75 Å². The molecule has 0 aliphatic heterocycles. The Morgan fingerprint density at radius 3 is 2.59 bits per heavy atom. The minimum atomic E-state index is -0.549. The van der Waals surface area contributed by atoms with Crippen molar-refractivity contribution in [1.82, 2.24) is 4.98 Å². The molecular weight excluding hydrogens is 408 g/mol. The first kappa shape index (κ1) is 20.9. The number of carbonyl (C=O) groups is 2. The Morgan fingerprint density at radius 2 is 1.90 bits per heavy atom. The summed E-state index contributed by atoms with van der Waals surface area (Å²) in [5, 5.41) is 5.76. The summed E-state index contributed by atoms with van der Waals surface area (Å²) in [4.78, 5) is 29.7. The monoisotopic (exact) mass is 428 g/mol. The third-order valence-electron chi connectivity index (χ3n) is 3.86. The number of methoxy groups -OCH3 is 1. The molecule has 1 aromatic heterocycles. The van der Waals surface area contributed by atoms with Crippen LogP contribution in [-0.2, 0) is 15.3 Å². The van der Waals surface area contributed by atoms with Crippen molar-refractivity contribution < 1.29 is 19.1 Å². The summed E-state index contributed by atoms with van der Waals surface area (Å²) >= 11 is 3.28. The van der Waals surface area contributed by atoms with Crippen molar-refractivity contribution in [3.05, 3.63) is 70.2 Å². The van der Waals surface area contributed by atoms with Gasteiger partial charge in [-0.05, 0) is 43.3 Å². The summed E-state index contributed by atoms with van der Waals surface area (Å²) in [7, 11) is 1.52. The number of aromatic nitrogens is 1. The van der Waals surface area contributed by atoms with Crippen LogP contribution >= 0.6 is 23.1 Å². The number of hydrogen-bond acceptors (Lipinski definition) is 7. The molecule has 0 spiro atoms. The molecule has 0 aliphatic rings. The molecule has 0 radical (unpaired) electrons. The van der Waals surface area contributed by atoms with E-state index >= 15 is 0 Å². The standard InChI is InChI=1S/C21H20N2O4S2/c1-14-22-16(12-28-14)13-29-17-9-7-15(8-10-17)21(25)27-11-20(24)23-18-5-3-4-6-19(18)26-2/h3-10,12H,11,13H2,1-2H3,(H,23,24). The van der Waals surface area contributed by atoms with Crippen LogP contribution in [0.5, 0.6) is 5.75 Å². The summed E-state index contributed by atoms with van der Waals surface area (Å²) in [5.74, 6) is 0.325. The molecule has 0 aliphatic carbocycles. The van der Waals surface area contributed by atoms with Crippen LogP contribution in [-0.4, -0.2) is 30.6 Å². The Labute approximate surface area is 177 Å². The molecule has 3 rings (SSSR count). The van der Waals surface area contributed by atoms with Gasteiger partial charge in [0.25, 0.3) is 5.91 Å². The van der Waals surface area contributed by atoms with Gasteiger partial charge in [-0.2, -0.15) is 0 Å². The number of amides is 1. The Hall–Kier alpha value is -2.84. The number of esters is 1. The molecule has 1 heterocycles. The molecule has 2 aromatic carbocycles. The van der Waals surface area contributed by atoms with Gasteiger partial charge in [0.05, 0.1) is 29.1 Å². The first-order valence-electron chi connectivity index (χ1n) is 8.79. The summed E-state index contributed by atoms with van der Waals surface area (Å²) in [5.41, 5.74) is 1.96. The molecule has 0 fully saturated rings. The maximum absolute atomic E-state index is 12.2. The molecule has 8 heteroatoms. The van der Waals surface area contributed by atoms with Gasteiger partial charge in [-0.3, -0.25) is 4.79 Å². The Bertz CT molecular complexity index is 986. The lowest BCUT2D eigenvalue weighted by molar-refractivity contribution is -0.119. The zero-order valence-corrected chi connectivity index (χ0v) is 17.6. The number of aryl methyl sites for hydroxylation is 1. The number of para-hydroxylation sites is 2. The van der Waals surface area contributed by atoms with Gasteiger partial charge in [0.2, 0.25) is 0 Å². The molecule has 6 nitrogen and oxygen atoms in total. The van der Waals surface area contributed by atoms with Crippen LogP contribution in [0.4, 0.5) is 5.69 Å². The maximum atomic E-state index is 12.2. The van der Waals surface area contributed by atoms with Gasteiger partial charge in [0.1, 0.15) is 5.75 Å². The van der Waals surface area contributed by atoms with Gasteiger partial charge in [-0.1, -0.05) is 12.1 Å². The highest BCUT2D eigenvalue weighted by Crippen LogP contribution is 2.24. The number of nitrogens with one attached hydrogen (secondary N) is 1. The highest BCUT2D eigenvalue weighted by Gasteiger charge is 2.12. The van der Waals surface area contributed by atoms with Crippen LogP contribution < -0.4 is 10.1 Å². The van der Waals surface area contributed by atoms with Crippen LogP contribution in [0, 0.1) is 6.92 Å². The van der Waals surface area contributed by atoms with Crippen molar-refractivity contribution in [2.75, 3.05) is 19.0 Å². The average Bonchev–Trinajstić information content (AvgIpc) is 3.16. The summed E-state index contributed by atoms with van der Waals surface area (Å²) < 4.78 is 10.3. The van der Waals surface area contributed by atoms with Crippen molar-refractivity contribution >= 4 is 40.7 Å². The number of carbonyl (C=O) groups excluding carboxylic acids is 2. The van der Waals surface area contributed by atoms with Gasteiger partial charge in [0.15, 0.2) is 6.61 Å². The van der Waals surface area contributed by atoms with E-state index in [1.165, 1.54) is 7.11 Å². The number of nitrogens with zero attached hydrogens (tertiary/aromatic N) is 1. The largest absolute Gasteiger partial charge is 0.495 e.